The Morgan fingerprint density at radius 3 is 3.00 bits per heavy atom. The molecule has 0 N–H and O–H groups in total. The lowest BCUT2D eigenvalue weighted by Crippen LogP contribution is -2.03. The maximum atomic E-state index is 5.34. The van der Waals surface area contributed by atoms with Gasteiger partial charge in [0.25, 0.3) is 0 Å². The molecule has 1 aliphatic heterocycles. The standard InChI is InChI=1S/C9H10N2O/c1-7-6-12-9(11-7)8-4-2-3-5-10-8/h2-5,7H,6H2,1H3/t7-/m1/s1. The van der Waals surface area contributed by atoms with Gasteiger partial charge in [0.05, 0.1) is 6.04 Å². The molecular weight excluding hydrogens is 152 g/mol. The molecule has 2 rings (SSSR count). The Kier molecular flexibility index (Phi) is 1.78. The van der Waals surface area contributed by atoms with Crippen LogP contribution >= 0.6 is 0 Å². The van der Waals surface area contributed by atoms with Crippen LogP contribution in [-0.4, -0.2) is 23.5 Å². The largest absolute Gasteiger partial charge is 0.474 e. The molecule has 1 atom stereocenters. The van der Waals surface area contributed by atoms with Gasteiger partial charge >= 0.3 is 0 Å². The van der Waals surface area contributed by atoms with E-state index in [4.69, 9.17) is 4.74 Å². The first kappa shape index (κ1) is 7.28. The fourth-order valence-corrected chi connectivity index (χ4v) is 1.10. The molecular formula is C9H10N2O. The molecule has 12 heavy (non-hydrogen) atoms. The lowest BCUT2D eigenvalue weighted by Gasteiger charge is -1.97. The zero-order valence-corrected chi connectivity index (χ0v) is 6.90. The number of hydrogen-bond acceptors (Lipinski definition) is 3. The molecule has 1 aliphatic rings. The number of nitrogens with zero attached hydrogens (tertiary/aromatic N) is 2. The van der Waals surface area contributed by atoms with E-state index in [1.165, 1.54) is 0 Å². The highest BCUT2D eigenvalue weighted by atomic mass is 16.5. The van der Waals surface area contributed by atoms with Gasteiger partial charge in [-0.15, -0.1) is 0 Å². The van der Waals surface area contributed by atoms with Crippen molar-refractivity contribution in [1.29, 1.82) is 0 Å². The van der Waals surface area contributed by atoms with Crippen molar-refractivity contribution in [2.75, 3.05) is 6.61 Å². The summed E-state index contributed by atoms with van der Waals surface area (Å²) in [6, 6.07) is 5.97. The van der Waals surface area contributed by atoms with Crippen LogP contribution in [0.5, 0.6) is 0 Å². The average Bonchev–Trinajstić information content (AvgIpc) is 2.54. The van der Waals surface area contributed by atoms with Gasteiger partial charge < -0.3 is 4.74 Å². The van der Waals surface area contributed by atoms with E-state index in [1.807, 2.05) is 25.1 Å². The molecule has 0 aromatic carbocycles. The fourth-order valence-electron chi connectivity index (χ4n) is 1.10. The Labute approximate surface area is 71.1 Å². The molecule has 1 aromatic rings. The molecule has 0 saturated heterocycles. The van der Waals surface area contributed by atoms with Crippen molar-refractivity contribution in [3.05, 3.63) is 30.1 Å². The van der Waals surface area contributed by atoms with E-state index >= 15 is 0 Å². The van der Waals surface area contributed by atoms with Crippen LogP contribution in [0.15, 0.2) is 29.4 Å². The summed E-state index contributed by atoms with van der Waals surface area (Å²) in [6.45, 7) is 2.70. The molecule has 0 unspecified atom stereocenters. The van der Waals surface area contributed by atoms with Crippen molar-refractivity contribution in [3.8, 4) is 0 Å². The number of aromatic nitrogens is 1. The van der Waals surface area contributed by atoms with Gasteiger partial charge in [-0.25, -0.2) is 4.99 Å². The lowest BCUT2D eigenvalue weighted by atomic mass is 10.3. The van der Waals surface area contributed by atoms with Crippen molar-refractivity contribution in [2.24, 2.45) is 4.99 Å². The summed E-state index contributed by atoms with van der Waals surface area (Å²) in [5, 5.41) is 0. The first-order valence-corrected chi connectivity index (χ1v) is 3.98. The number of pyridine rings is 1. The predicted octanol–water partition coefficient (Wildman–Crippen LogP) is 1.25. The van der Waals surface area contributed by atoms with Gasteiger partial charge in [0.1, 0.15) is 12.3 Å². The third kappa shape index (κ3) is 1.30. The zero-order chi connectivity index (χ0) is 8.39. The summed E-state index contributed by atoms with van der Waals surface area (Å²) < 4.78 is 5.34. The molecule has 0 aliphatic carbocycles. The lowest BCUT2D eigenvalue weighted by molar-refractivity contribution is 0.323. The molecule has 0 amide bonds. The fraction of sp³-hybridized carbons (Fsp3) is 0.333. The molecule has 0 spiro atoms. The predicted molar refractivity (Wildman–Crippen MR) is 46.2 cm³/mol. The van der Waals surface area contributed by atoms with Crippen LogP contribution in [0.3, 0.4) is 0 Å². The van der Waals surface area contributed by atoms with Crippen LogP contribution in [0.4, 0.5) is 0 Å². The SMILES string of the molecule is C[C@@H]1COC(c2ccccn2)=N1. The molecule has 0 bridgehead atoms. The second-order valence-electron chi connectivity index (χ2n) is 2.81. The second-order valence-corrected chi connectivity index (χ2v) is 2.81. The van der Waals surface area contributed by atoms with Gasteiger partial charge in [0.15, 0.2) is 0 Å². The van der Waals surface area contributed by atoms with Gasteiger partial charge in [-0.2, -0.15) is 0 Å². The molecule has 1 aromatic heterocycles. The molecule has 0 saturated carbocycles. The van der Waals surface area contributed by atoms with E-state index in [0.29, 0.717) is 12.5 Å². The first-order valence-electron chi connectivity index (χ1n) is 3.98. The third-order valence-corrected chi connectivity index (χ3v) is 1.68. The van der Waals surface area contributed by atoms with Crippen LogP contribution < -0.4 is 0 Å². The normalized spacial score (nSPS) is 21.8. The second kappa shape index (κ2) is 2.93. The smallest absolute Gasteiger partial charge is 0.235 e. The highest BCUT2D eigenvalue weighted by molar-refractivity contribution is 5.93. The van der Waals surface area contributed by atoms with Crippen LogP contribution in [-0.2, 0) is 4.74 Å². The summed E-state index contributed by atoms with van der Waals surface area (Å²) in [4.78, 5) is 8.43. The van der Waals surface area contributed by atoms with Crippen LogP contribution in [0.1, 0.15) is 12.6 Å². The van der Waals surface area contributed by atoms with Crippen LogP contribution in [0.2, 0.25) is 0 Å². The third-order valence-electron chi connectivity index (χ3n) is 1.68. The zero-order valence-electron chi connectivity index (χ0n) is 6.90. The quantitative estimate of drug-likeness (QED) is 0.622. The van der Waals surface area contributed by atoms with Crippen molar-refractivity contribution < 1.29 is 4.74 Å². The summed E-state index contributed by atoms with van der Waals surface area (Å²) in [5.41, 5.74) is 0.821. The van der Waals surface area contributed by atoms with Gasteiger partial charge in [-0.1, -0.05) is 6.07 Å². The van der Waals surface area contributed by atoms with Gasteiger partial charge in [0.2, 0.25) is 5.90 Å². The minimum absolute atomic E-state index is 0.266. The van der Waals surface area contributed by atoms with E-state index < -0.39 is 0 Å². The van der Waals surface area contributed by atoms with Gasteiger partial charge in [-0.05, 0) is 19.1 Å². The highest BCUT2D eigenvalue weighted by Crippen LogP contribution is 2.08. The summed E-state index contributed by atoms with van der Waals surface area (Å²) in [6.07, 6.45) is 1.74. The first-order chi connectivity index (χ1) is 5.86. The van der Waals surface area contributed by atoms with Gasteiger partial charge in [-0.3, -0.25) is 4.98 Å². The van der Waals surface area contributed by atoms with E-state index in [0.717, 1.165) is 5.69 Å². The van der Waals surface area contributed by atoms with E-state index in [1.54, 1.807) is 6.20 Å². The Morgan fingerprint density at radius 2 is 2.42 bits per heavy atom. The van der Waals surface area contributed by atoms with Crippen molar-refractivity contribution >= 4 is 5.90 Å². The highest BCUT2D eigenvalue weighted by Gasteiger charge is 2.16. The maximum Gasteiger partial charge on any atom is 0.235 e. The Bertz CT molecular complexity index is 295. The summed E-state index contributed by atoms with van der Waals surface area (Å²) in [5.74, 6) is 0.670. The Balaban J connectivity index is 2.27. The Hall–Kier alpha value is -1.38. The summed E-state index contributed by atoms with van der Waals surface area (Å²) >= 11 is 0. The van der Waals surface area contributed by atoms with E-state index in [2.05, 4.69) is 9.98 Å². The molecule has 2 heterocycles. The molecule has 62 valence electrons. The number of rotatable bonds is 1. The topological polar surface area (TPSA) is 34.5 Å². The van der Waals surface area contributed by atoms with E-state index in [-0.39, 0.29) is 6.04 Å². The Morgan fingerprint density at radius 1 is 1.50 bits per heavy atom. The molecule has 0 radical (unpaired) electrons. The summed E-state index contributed by atoms with van der Waals surface area (Å²) in [7, 11) is 0. The molecule has 3 heteroatoms. The number of ether oxygens (including phenoxy) is 1. The van der Waals surface area contributed by atoms with Crippen molar-refractivity contribution in [1.82, 2.24) is 4.98 Å². The van der Waals surface area contributed by atoms with E-state index in [9.17, 15) is 0 Å². The number of hydrogen-bond donors (Lipinski definition) is 0. The molecule has 0 fully saturated rings. The average molecular weight is 162 g/mol. The molecule has 3 nitrogen and oxygen atoms in total. The van der Waals surface area contributed by atoms with Crippen molar-refractivity contribution in [2.45, 2.75) is 13.0 Å². The minimum atomic E-state index is 0.266. The monoisotopic (exact) mass is 162 g/mol. The number of aliphatic imine (C=N–C) groups is 1. The van der Waals surface area contributed by atoms with Crippen LogP contribution in [0, 0.1) is 0 Å². The van der Waals surface area contributed by atoms with Gasteiger partial charge in [0, 0.05) is 6.20 Å². The minimum Gasteiger partial charge on any atom is -0.474 e. The van der Waals surface area contributed by atoms with Crippen LogP contribution in [0.25, 0.3) is 0 Å². The maximum absolute atomic E-state index is 5.34. The van der Waals surface area contributed by atoms with Crippen molar-refractivity contribution in [3.63, 3.8) is 0 Å².